The molecule has 210 valence electrons. The fraction of sp³-hybridized carbons (Fsp3) is 0.654. The lowest BCUT2D eigenvalue weighted by atomic mass is 9.88. The van der Waals surface area contributed by atoms with Crippen molar-refractivity contribution < 1.29 is 13.9 Å². The summed E-state index contributed by atoms with van der Waals surface area (Å²) >= 11 is 3.35. The third-order valence-electron chi connectivity index (χ3n) is 8.78. The van der Waals surface area contributed by atoms with E-state index in [0.29, 0.717) is 81.4 Å². The second-order valence-electron chi connectivity index (χ2n) is 11.3. The van der Waals surface area contributed by atoms with Crippen LogP contribution < -0.4 is 20.3 Å². The minimum atomic E-state index is -0.844. The summed E-state index contributed by atoms with van der Waals surface area (Å²) in [6.07, 6.45) is 1.54. The number of fused-ring (bicyclic) bond motifs is 3. The molecule has 5 aliphatic heterocycles. The summed E-state index contributed by atoms with van der Waals surface area (Å²) in [5.41, 5.74) is 7.49. The van der Waals surface area contributed by atoms with Crippen LogP contribution in [0, 0.1) is 28.6 Å². The molecule has 40 heavy (non-hydrogen) atoms. The number of hydrogen-bond acceptors (Lipinski definition) is 13. The maximum atomic E-state index is 14.3. The number of halogens is 1. The molecule has 4 fully saturated rings. The van der Waals surface area contributed by atoms with E-state index in [0.717, 1.165) is 30.7 Å². The van der Waals surface area contributed by atoms with Crippen molar-refractivity contribution in [3.05, 3.63) is 16.0 Å². The van der Waals surface area contributed by atoms with Crippen LogP contribution in [0.25, 0.3) is 0 Å². The molecule has 2 aromatic rings. The van der Waals surface area contributed by atoms with Gasteiger partial charge >= 0.3 is 6.01 Å². The van der Waals surface area contributed by atoms with E-state index in [4.69, 9.17) is 25.2 Å². The summed E-state index contributed by atoms with van der Waals surface area (Å²) in [5, 5.41) is 19.9. The van der Waals surface area contributed by atoms with E-state index < -0.39 is 6.17 Å². The Hall–Kier alpha value is -2.91. The van der Waals surface area contributed by atoms with Gasteiger partial charge in [0.05, 0.1) is 41.1 Å². The van der Waals surface area contributed by atoms with E-state index in [1.807, 2.05) is 16.7 Å². The van der Waals surface area contributed by atoms with Crippen molar-refractivity contribution >= 4 is 40.0 Å². The Morgan fingerprint density at radius 2 is 1.98 bits per heavy atom. The lowest BCUT2D eigenvalue weighted by Crippen LogP contribution is -2.57. The first kappa shape index (κ1) is 26.0. The number of aromatic nitrogens is 3. The molecule has 2 aromatic heterocycles. The highest BCUT2D eigenvalue weighted by atomic mass is 32.2. The highest BCUT2D eigenvalue weighted by Crippen LogP contribution is 2.57. The number of thiophene rings is 1. The van der Waals surface area contributed by atoms with Gasteiger partial charge in [-0.1, -0.05) is 0 Å². The van der Waals surface area contributed by atoms with Gasteiger partial charge in [-0.15, -0.1) is 23.1 Å². The standard InChI is InChI=1S/C26H30FN9O2S2/c27-17-6-25(2-1-3-36(25)10-17)15-38-24-32-22(34-4-5-37-11-16(7-28)9-34)31-23(33-24)35-13-26(14-35)20-18(8-29)21(30)40-19(20)12-39-26/h16-17H,1-6,9-15,30H2/t16?,17-,25+/m1/s1. The molecule has 0 saturated carbocycles. The van der Waals surface area contributed by atoms with Gasteiger partial charge in [-0.25, -0.2) is 4.39 Å². The molecule has 14 heteroatoms. The summed E-state index contributed by atoms with van der Waals surface area (Å²) in [6.45, 7) is 4.77. The lowest BCUT2D eigenvalue weighted by Gasteiger charge is -2.47. The van der Waals surface area contributed by atoms with Crippen molar-refractivity contribution in [2.24, 2.45) is 5.92 Å². The van der Waals surface area contributed by atoms with Gasteiger partial charge in [-0.05, 0) is 19.4 Å². The van der Waals surface area contributed by atoms with E-state index in [1.165, 1.54) is 16.2 Å². The largest absolute Gasteiger partial charge is 0.461 e. The number of anilines is 3. The van der Waals surface area contributed by atoms with Crippen LogP contribution in [0.1, 0.15) is 35.3 Å². The summed E-state index contributed by atoms with van der Waals surface area (Å²) in [6, 6.07) is 4.83. The monoisotopic (exact) mass is 583 g/mol. The molecule has 0 aromatic carbocycles. The Morgan fingerprint density at radius 3 is 2.77 bits per heavy atom. The Labute approximate surface area is 240 Å². The van der Waals surface area contributed by atoms with E-state index in [-0.39, 0.29) is 22.2 Å². The summed E-state index contributed by atoms with van der Waals surface area (Å²) in [5.74, 6) is 1.48. The van der Waals surface area contributed by atoms with Crippen LogP contribution in [0.2, 0.25) is 0 Å². The predicted molar refractivity (Wildman–Crippen MR) is 149 cm³/mol. The lowest BCUT2D eigenvalue weighted by molar-refractivity contribution is 0.107. The number of nitrogens with zero attached hydrogens (tertiary/aromatic N) is 8. The number of nitriles is 2. The second kappa shape index (κ2) is 9.87. The van der Waals surface area contributed by atoms with Crippen molar-refractivity contribution in [3.8, 4) is 18.1 Å². The average Bonchev–Trinajstić information content (AvgIpc) is 3.59. The molecule has 0 aliphatic carbocycles. The van der Waals surface area contributed by atoms with Crippen LogP contribution in [0.15, 0.2) is 0 Å². The van der Waals surface area contributed by atoms with Gasteiger partial charge in [0, 0.05) is 55.3 Å². The molecule has 0 radical (unpaired) electrons. The van der Waals surface area contributed by atoms with E-state index >= 15 is 0 Å². The zero-order valence-corrected chi connectivity index (χ0v) is 23.6. The van der Waals surface area contributed by atoms with Crippen molar-refractivity contribution in [2.75, 3.05) is 74.6 Å². The van der Waals surface area contributed by atoms with Gasteiger partial charge < -0.3 is 25.0 Å². The number of rotatable bonds is 5. The van der Waals surface area contributed by atoms with E-state index in [2.05, 4.69) is 26.9 Å². The van der Waals surface area contributed by atoms with Crippen LogP contribution >= 0.6 is 23.1 Å². The first-order valence-corrected chi connectivity index (χ1v) is 15.4. The number of nitrogens with two attached hydrogens (primary N) is 1. The third kappa shape index (κ3) is 4.24. The normalized spacial score (nSPS) is 29.0. The topological polar surface area (TPSA) is 140 Å². The minimum Gasteiger partial charge on any atom is -0.461 e. The van der Waals surface area contributed by atoms with Crippen LogP contribution in [-0.4, -0.2) is 90.7 Å². The van der Waals surface area contributed by atoms with Crippen molar-refractivity contribution in [2.45, 2.75) is 41.5 Å². The molecule has 0 amide bonds. The summed E-state index contributed by atoms with van der Waals surface area (Å²) in [7, 11) is 0. The van der Waals surface area contributed by atoms with Crippen LogP contribution in [-0.2, 0) is 15.2 Å². The second-order valence-corrected chi connectivity index (χ2v) is 13.8. The smallest absolute Gasteiger partial charge is 0.323 e. The number of alkyl halides is 1. The number of nitrogen functional groups attached to an aromatic ring is 1. The maximum Gasteiger partial charge on any atom is 0.323 e. The van der Waals surface area contributed by atoms with Gasteiger partial charge in [-0.3, -0.25) is 4.90 Å². The number of thioether (sulfide) groups is 1. The molecule has 2 N–H and O–H groups in total. The molecule has 3 atom stereocenters. The summed E-state index contributed by atoms with van der Waals surface area (Å²) < 4.78 is 26.0. The molecule has 5 aliphatic rings. The first-order valence-electron chi connectivity index (χ1n) is 13.6. The van der Waals surface area contributed by atoms with Crippen molar-refractivity contribution in [3.63, 3.8) is 0 Å². The molecular weight excluding hydrogens is 553 g/mol. The fourth-order valence-electron chi connectivity index (χ4n) is 6.83. The van der Waals surface area contributed by atoms with Crippen LogP contribution in [0.3, 0.4) is 0 Å². The Balaban J connectivity index is 1.17. The Bertz CT molecular complexity index is 1400. The molecule has 4 saturated heterocycles. The SMILES string of the molecule is N#Cc1c(N)sc2c1C1(CN(c3nc(OC[C@@]45CCCN4C[C@H](F)C5)nc(N4CCOCC(C#N)C4)n3)C1)SC2. The molecule has 7 heterocycles. The van der Waals surface area contributed by atoms with Crippen LogP contribution in [0.4, 0.5) is 21.3 Å². The van der Waals surface area contributed by atoms with Gasteiger partial charge in [0.1, 0.15) is 23.8 Å². The first-order chi connectivity index (χ1) is 19.4. The fourth-order valence-corrected chi connectivity index (χ4v) is 9.64. The average molecular weight is 584 g/mol. The zero-order valence-electron chi connectivity index (χ0n) is 22.0. The molecule has 7 rings (SSSR count). The van der Waals surface area contributed by atoms with Crippen LogP contribution in [0.5, 0.6) is 6.01 Å². The quantitative estimate of drug-likeness (QED) is 0.552. The van der Waals surface area contributed by atoms with Gasteiger partial charge in [0.25, 0.3) is 0 Å². The number of hydrogen-bond donors (Lipinski definition) is 1. The Kier molecular flexibility index (Phi) is 6.42. The highest BCUT2D eigenvalue weighted by Gasteiger charge is 2.53. The van der Waals surface area contributed by atoms with Gasteiger partial charge in [0.15, 0.2) is 0 Å². The molecular formula is C26H30FN9O2S2. The van der Waals surface area contributed by atoms with Crippen molar-refractivity contribution in [1.29, 1.82) is 10.5 Å². The van der Waals surface area contributed by atoms with E-state index in [1.54, 1.807) is 0 Å². The van der Waals surface area contributed by atoms with Crippen molar-refractivity contribution in [1.82, 2.24) is 19.9 Å². The van der Waals surface area contributed by atoms with E-state index in [9.17, 15) is 14.9 Å². The van der Waals surface area contributed by atoms with Gasteiger partial charge in [0.2, 0.25) is 11.9 Å². The highest BCUT2D eigenvalue weighted by molar-refractivity contribution is 8.00. The maximum absolute atomic E-state index is 14.3. The number of ether oxygens (including phenoxy) is 2. The molecule has 11 nitrogen and oxygen atoms in total. The molecule has 1 unspecified atom stereocenters. The van der Waals surface area contributed by atoms with Gasteiger partial charge in [-0.2, -0.15) is 25.5 Å². The summed E-state index contributed by atoms with van der Waals surface area (Å²) in [4.78, 5) is 21.6. The zero-order chi connectivity index (χ0) is 27.5. The Morgan fingerprint density at radius 1 is 1.15 bits per heavy atom. The molecule has 0 bridgehead atoms. The minimum absolute atomic E-state index is 0.209. The third-order valence-corrected chi connectivity index (χ3v) is 11.4. The predicted octanol–water partition coefficient (Wildman–Crippen LogP) is 2.28. The molecule has 1 spiro atoms.